The molecule has 0 aromatic heterocycles. The summed E-state index contributed by atoms with van der Waals surface area (Å²) in [5.41, 5.74) is -0.678. The van der Waals surface area contributed by atoms with Crippen molar-refractivity contribution in [2.75, 3.05) is 0 Å². The molecule has 154 valence electrons. The van der Waals surface area contributed by atoms with Crippen molar-refractivity contribution in [1.29, 1.82) is 0 Å². The Labute approximate surface area is 181 Å². The first-order chi connectivity index (χ1) is 13.5. The van der Waals surface area contributed by atoms with Crippen LogP contribution in [-0.4, -0.2) is 12.1 Å². The quantitative estimate of drug-likeness (QED) is 0.545. The van der Waals surface area contributed by atoms with Crippen LogP contribution in [0.1, 0.15) is 51.2 Å². The summed E-state index contributed by atoms with van der Waals surface area (Å²) in [6.45, 7) is 14.2. The standard InChI is InChI=1S/C23H25Cl2F2N2/c1-13-20(15-7-6-8-17(25)21(15)27)23(28-5,19(29-13)12-22(2,3)4)16-10-9-14(24)11-18(16)26/h5-11,13,19-20,29H,12H2,1-4H3/q+1. The summed E-state index contributed by atoms with van der Waals surface area (Å²) in [4.78, 5) is 4.27. The van der Waals surface area contributed by atoms with E-state index in [9.17, 15) is 0 Å². The van der Waals surface area contributed by atoms with Gasteiger partial charge in [0.1, 0.15) is 11.6 Å². The summed E-state index contributed by atoms with van der Waals surface area (Å²) < 4.78 is 30.3. The summed E-state index contributed by atoms with van der Waals surface area (Å²) in [6.07, 6.45) is 0.652. The second kappa shape index (κ2) is 7.87. The summed E-state index contributed by atoms with van der Waals surface area (Å²) in [7, 11) is 0. The number of hydrogen-bond acceptors (Lipinski definition) is 1. The van der Waals surface area contributed by atoms with E-state index in [1.165, 1.54) is 12.1 Å². The molecule has 1 N–H and O–H groups in total. The van der Waals surface area contributed by atoms with Gasteiger partial charge in [0.25, 0.3) is 6.57 Å². The largest absolute Gasteiger partial charge is 0.331 e. The lowest BCUT2D eigenvalue weighted by Gasteiger charge is -2.30. The zero-order valence-electron chi connectivity index (χ0n) is 16.9. The van der Waals surface area contributed by atoms with Crippen LogP contribution in [0.4, 0.5) is 8.78 Å². The third-order valence-corrected chi connectivity index (χ3v) is 6.21. The molecule has 0 amide bonds. The van der Waals surface area contributed by atoms with E-state index in [2.05, 4.69) is 30.9 Å². The molecule has 29 heavy (non-hydrogen) atoms. The van der Waals surface area contributed by atoms with Crippen molar-refractivity contribution >= 4 is 23.2 Å². The molecular weight excluding hydrogens is 413 g/mol. The normalized spacial score (nSPS) is 27.1. The Morgan fingerprint density at radius 3 is 2.45 bits per heavy atom. The van der Waals surface area contributed by atoms with Crippen molar-refractivity contribution in [3.63, 3.8) is 0 Å². The van der Waals surface area contributed by atoms with Gasteiger partial charge >= 0.3 is 5.54 Å². The van der Waals surface area contributed by atoms with Crippen molar-refractivity contribution in [2.45, 2.75) is 57.7 Å². The van der Waals surface area contributed by atoms with Crippen LogP contribution >= 0.6 is 23.2 Å². The lowest BCUT2D eigenvalue weighted by Crippen LogP contribution is -2.43. The van der Waals surface area contributed by atoms with Crippen LogP contribution in [0.5, 0.6) is 0 Å². The minimum absolute atomic E-state index is 0.0106. The number of rotatable bonds is 3. The molecule has 1 fully saturated rings. The van der Waals surface area contributed by atoms with Gasteiger partial charge in [0.05, 0.1) is 22.5 Å². The number of nitrogens with one attached hydrogen (secondary N) is 1. The monoisotopic (exact) mass is 437 g/mol. The van der Waals surface area contributed by atoms with E-state index in [-0.39, 0.29) is 27.5 Å². The molecule has 4 atom stereocenters. The minimum atomic E-state index is -1.23. The molecule has 1 aliphatic rings. The van der Waals surface area contributed by atoms with Crippen LogP contribution in [0.3, 0.4) is 0 Å². The second-order valence-corrected chi connectivity index (χ2v) is 9.82. The first-order valence-electron chi connectivity index (χ1n) is 9.59. The molecule has 6 heteroatoms. The second-order valence-electron chi connectivity index (χ2n) is 8.97. The van der Waals surface area contributed by atoms with Crippen LogP contribution in [0.2, 0.25) is 10.0 Å². The summed E-state index contributed by atoms with van der Waals surface area (Å²) in [5.74, 6) is -1.62. The third kappa shape index (κ3) is 3.89. The zero-order chi connectivity index (χ0) is 21.6. The molecule has 1 aliphatic heterocycles. The molecule has 2 nitrogen and oxygen atoms in total. The van der Waals surface area contributed by atoms with Crippen molar-refractivity contribution in [3.8, 4) is 6.57 Å². The minimum Gasteiger partial charge on any atom is -0.303 e. The Kier molecular flexibility index (Phi) is 5.98. The van der Waals surface area contributed by atoms with Gasteiger partial charge in [-0.25, -0.2) is 8.78 Å². The van der Waals surface area contributed by atoms with Gasteiger partial charge in [-0.1, -0.05) is 61.0 Å². The lowest BCUT2D eigenvalue weighted by atomic mass is 9.68. The van der Waals surface area contributed by atoms with E-state index >= 15 is 8.78 Å². The van der Waals surface area contributed by atoms with E-state index in [0.717, 1.165) is 0 Å². The van der Waals surface area contributed by atoms with Crippen molar-refractivity contribution in [1.82, 2.24) is 5.32 Å². The highest BCUT2D eigenvalue weighted by Gasteiger charge is 2.66. The van der Waals surface area contributed by atoms with E-state index in [1.54, 1.807) is 24.3 Å². The SMILES string of the molecule is C#[N+]C1(c2ccc(Cl)cc2F)C(CC(C)(C)C)NC(C)C1c1cccc(Cl)c1F. The van der Waals surface area contributed by atoms with Crippen LogP contribution in [0, 0.1) is 23.6 Å². The van der Waals surface area contributed by atoms with Crippen LogP contribution < -0.4 is 5.32 Å². The van der Waals surface area contributed by atoms with Crippen LogP contribution in [0.25, 0.3) is 4.85 Å². The molecule has 2 aromatic rings. The smallest absolute Gasteiger partial charge is 0.303 e. The molecule has 0 bridgehead atoms. The van der Waals surface area contributed by atoms with E-state index in [0.29, 0.717) is 17.5 Å². The highest BCUT2D eigenvalue weighted by Crippen LogP contribution is 2.53. The number of hydrogen-bond donors (Lipinski definition) is 1. The Morgan fingerprint density at radius 1 is 1.17 bits per heavy atom. The zero-order valence-corrected chi connectivity index (χ0v) is 18.5. The van der Waals surface area contributed by atoms with E-state index in [1.807, 2.05) is 6.92 Å². The topological polar surface area (TPSA) is 16.4 Å². The fraction of sp³-hybridized carbons (Fsp3) is 0.435. The molecule has 1 saturated heterocycles. The highest BCUT2D eigenvalue weighted by molar-refractivity contribution is 6.31. The first-order valence-corrected chi connectivity index (χ1v) is 10.3. The summed E-state index contributed by atoms with van der Waals surface area (Å²) >= 11 is 12.1. The summed E-state index contributed by atoms with van der Waals surface area (Å²) in [6, 6.07) is 8.74. The average Bonchev–Trinajstić information content (AvgIpc) is 2.87. The van der Waals surface area contributed by atoms with Gasteiger partial charge in [-0.05, 0) is 43.0 Å². The van der Waals surface area contributed by atoms with Crippen molar-refractivity contribution < 1.29 is 8.78 Å². The fourth-order valence-corrected chi connectivity index (χ4v) is 4.98. The third-order valence-electron chi connectivity index (χ3n) is 5.68. The van der Waals surface area contributed by atoms with Crippen LogP contribution in [-0.2, 0) is 5.54 Å². The van der Waals surface area contributed by atoms with Gasteiger partial charge in [-0.2, -0.15) is 0 Å². The van der Waals surface area contributed by atoms with Crippen molar-refractivity contribution in [2.24, 2.45) is 5.41 Å². The maximum atomic E-state index is 15.2. The Morgan fingerprint density at radius 2 is 1.86 bits per heavy atom. The molecule has 0 saturated carbocycles. The van der Waals surface area contributed by atoms with Gasteiger partial charge in [0.15, 0.2) is 0 Å². The van der Waals surface area contributed by atoms with Gasteiger partial charge in [0.2, 0.25) is 0 Å². The van der Waals surface area contributed by atoms with Crippen LogP contribution in [0.15, 0.2) is 36.4 Å². The predicted octanol–water partition coefficient (Wildman–Crippen LogP) is 7.01. The molecule has 1 heterocycles. The molecule has 2 aromatic carbocycles. The Hall–Kier alpha value is -1.67. The molecule has 3 rings (SSSR count). The van der Waals surface area contributed by atoms with E-state index < -0.39 is 23.1 Å². The van der Waals surface area contributed by atoms with E-state index in [4.69, 9.17) is 29.8 Å². The summed E-state index contributed by atoms with van der Waals surface area (Å²) in [5, 5.41) is 3.79. The number of nitrogens with zero attached hydrogens (tertiary/aromatic N) is 1. The predicted molar refractivity (Wildman–Crippen MR) is 116 cm³/mol. The average molecular weight is 438 g/mol. The number of benzene rings is 2. The fourth-order valence-electron chi connectivity index (χ4n) is 4.64. The van der Waals surface area contributed by atoms with Gasteiger partial charge < -0.3 is 5.32 Å². The van der Waals surface area contributed by atoms with Gasteiger partial charge in [-0.15, -0.1) is 0 Å². The van der Waals surface area contributed by atoms with Gasteiger partial charge in [-0.3, -0.25) is 0 Å². The molecule has 4 unspecified atom stereocenters. The Balaban J connectivity index is 2.31. The lowest BCUT2D eigenvalue weighted by molar-refractivity contribution is 0.272. The maximum absolute atomic E-state index is 15.2. The van der Waals surface area contributed by atoms with Crippen molar-refractivity contribution in [3.05, 3.63) is 74.0 Å². The first kappa shape index (κ1) is 22.0. The maximum Gasteiger partial charge on any atom is 0.331 e. The van der Waals surface area contributed by atoms with Gasteiger partial charge in [0, 0.05) is 16.6 Å². The Bertz CT molecular complexity index is 964. The molecule has 0 spiro atoms. The highest BCUT2D eigenvalue weighted by atomic mass is 35.5. The molecule has 0 aliphatic carbocycles. The molecule has 0 radical (unpaired) electrons. The molecular formula is C23H25Cl2F2N2+. The number of halogens is 4.